The van der Waals surface area contributed by atoms with Crippen LogP contribution in [0.3, 0.4) is 0 Å². The average Bonchev–Trinajstić information content (AvgIpc) is 2.62. The van der Waals surface area contributed by atoms with Gasteiger partial charge in [-0.3, -0.25) is 4.79 Å². The van der Waals surface area contributed by atoms with Crippen molar-refractivity contribution in [2.75, 3.05) is 13.2 Å². The molecular weight excluding hydrogens is 220 g/mol. The summed E-state index contributed by atoms with van der Waals surface area (Å²) in [6, 6.07) is 0. The highest BCUT2D eigenvalue weighted by molar-refractivity contribution is 5.69. The maximum absolute atomic E-state index is 11.4. The van der Waals surface area contributed by atoms with E-state index >= 15 is 0 Å². The molecule has 0 aliphatic carbocycles. The number of esters is 1. The Balaban J connectivity index is 2.04. The third-order valence-electron chi connectivity index (χ3n) is 2.73. The van der Waals surface area contributed by atoms with Crippen LogP contribution in [0.25, 0.3) is 0 Å². The summed E-state index contributed by atoms with van der Waals surface area (Å²) in [5.41, 5.74) is 0. The van der Waals surface area contributed by atoms with Crippen LogP contribution < -0.4 is 0 Å². The fourth-order valence-electron chi connectivity index (χ4n) is 1.80. The quantitative estimate of drug-likeness (QED) is 0.510. The summed E-state index contributed by atoms with van der Waals surface area (Å²) in [7, 11) is 0. The lowest BCUT2D eigenvalue weighted by Crippen LogP contribution is -2.25. The molecule has 0 N–H and O–H groups in total. The number of carbonyl (C=O) groups excluding carboxylic acids is 1. The lowest BCUT2D eigenvalue weighted by Gasteiger charge is -2.16. The fraction of sp³-hybridized carbons (Fsp3) is 0.923. The Hall–Kier alpha value is -0.610. The SMILES string of the molecule is CCCCCCC(=O)OC[C@H]1COC(C)(C)O1. The summed E-state index contributed by atoms with van der Waals surface area (Å²) >= 11 is 0. The average molecular weight is 244 g/mol. The monoisotopic (exact) mass is 244 g/mol. The van der Waals surface area contributed by atoms with Gasteiger partial charge in [0.25, 0.3) is 0 Å². The van der Waals surface area contributed by atoms with E-state index in [1.165, 1.54) is 12.8 Å². The van der Waals surface area contributed by atoms with Crippen molar-refractivity contribution in [2.45, 2.75) is 64.8 Å². The summed E-state index contributed by atoms with van der Waals surface area (Å²) in [6.45, 7) is 6.67. The molecule has 1 fully saturated rings. The fourth-order valence-corrected chi connectivity index (χ4v) is 1.80. The van der Waals surface area contributed by atoms with Gasteiger partial charge in [0.1, 0.15) is 12.7 Å². The molecule has 0 aromatic carbocycles. The van der Waals surface area contributed by atoms with E-state index in [1.807, 2.05) is 13.8 Å². The molecule has 4 heteroatoms. The molecule has 0 radical (unpaired) electrons. The van der Waals surface area contributed by atoms with E-state index in [0.29, 0.717) is 19.6 Å². The molecule has 0 aromatic heterocycles. The lowest BCUT2D eigenvalue weighted by atomic mass is 10.2. The summed E-state index contributed by atoms with van der Waals surface area (Å²) in [4.78, 5) is 11.4. The van der Waals surface area contributed by atoms with E-state index in [9.17, 15) is 4.79 Å². The van der Waals surface area contributed by atoms with Crippen LogP contribution in [0.4, 0.5) is 0 Å². The molecule has 4 nitrogen and oxygen atoms in total. The molecule has 0 bridgehead atoms. The van der Waals surface area contributed by atoms with E-state index in [4.69, 9.17) is 14.2 Å². The second kappa shape index (κ2) is 6.97. The van der Waals surface area contributed by atoms with Gasteiger partial charge >= 0.3 is 5.97 Å². The van der Waals surface area contributed by atoms with Crippen LogP contribution in [0.5, 0.6) is 0 Å². The van der Waals surface area contributed by atoms with Crippen molar-refractivity contribution in [2.24, 2.45) is 0 Å². The topological polar surface area (TPSA) is 44.8 Å². The van der Waals surface area contributed by atoms with Gasteiger partial charge in [0.05, 0.1) is 6.61 Å². The Labute approximate surface area is 104 Å². The highest BCUT2D eigenvalue weighted by Crippen LogP contribution is 2.22. The first-order chi connectivity index (χ1) is 8.03. The van der Waals surface area contributed by atoms with Crippen molar-refractivity contribution >= 4 is 5.97 Å². The normalized spacial score (nSPS) is 22.6. The van der Waals surface area contributed by atoms with E-state index in [1.54, 1.807) is 0 Å². The maximum Gasteiger partial charge on any atom is 0.305 e. The molecule has 1 heterocycles. The number of unbranched alkanes of at least 4 members (excludes halogenated alkanes) is 3. The van der Waals surface area contributed by atoms with Crippen LogP contribution in [0.1, 0.15) is 52.9 Å². The van der Waals surface area contributed by atoms with Crippen LogP contribution in [0.2, 0.25) is 0 Å². The maximum atomic E-state index is 11.4. The zero-order valence-electron chi connectivity index (χ0n) is 11.2. The van der Waals surface area contributed by atoms with Gasteiger partial charge in [-0.15, -0.1) is 0 Å². The molecule has 0 spiro atoms. The molecule has 1 rings (SSSR count). The third kappa shape index (κ3) is 6.03. The van der Waals surface area contributed by atoms with Crippen molar-refractivity contribution < 1.29 is 19.0 Å². The first-order valence-electron chi connectivity index (χ1n) is 6.51. The highest BCUT2D eigenvalue weighted by Gasteiger charge is 2.33. The highest BCUT2D eigenvalue weighted by atomic mass is 16.7. The number of carbonyl (C=O) groups is 1. The van der Waals surface area contributed by atoms with Crippen LogP contribution in [-0.2, 0) is 19.0 Å². The molecular formula is C13H24O4. The first kappa shape index (κ1) is 14.5. The standard InChI is InChI=1S/C13H24O4/c1-4-5-6-7-8-12(14)15-9-11-10-16-13(2,3)17-11/h11H,4-10H2,1-3H3/t11-/m0/s1. The van der Waals surface area contributed by atoms with Gasteiger partial charge in [-0.05, 0) is 20.3 Å². The van der Waals surface area contributed by atoms with Crippen molar-refractivity contribution in [1.29, 1.82) is 0 Å². The van der Waals surface area contributed by atoms with Crippen LogP contribution >= 0.6 is 0 Å². The molecule has 0 unspecified atom stereocenters. The lowest BCUT2D eigenvalue weighted by molar-refractivity contribution is -0.158. The van der Waals surface area contributed by atoms with Crippen LogP contribution in [0, 0.1) is 0 Å². The Morgan fingerprint density at radius 2 is 2.12 bits per heavy atom. The number of hydrogen-bond acceptors (Lipinski definition) is 4. The van der Waals surface area contributed by atoms with E-state index < -0.39 is 5.79 Å². The molecule has 1 aliphatic heterocycles. The molecule has 17 heavy (non-hydrogen) atoms. The molecule has 1 atom stereocenters. The Bertz CT molecular complexity index is 238. The number of hydrogen-bond donors (Lipinski definition) is 0. The molecule has 0 aromatic rings. The van der Waals surface area contributed by atoms with Crippen molar-refractivity contribution in [3.05, 3.63) is 0 Å². The van der Waals surface area contributed by atoms with Gasteiger partial charge in [-0.1, -0.05) is 26.2 Å². The second-order valence-corrected chi connectivity index (χ2v) is 4.94. The molecule has 1 saturated heterocycles. The minimum Gasteiger partial charge on any atom is -0.463 e. The smallest absolute Gasteiger partial charge is 0.305 e. The van der Waals surface area contributed by atoms with Crippen molar-refractivity contribution in [3.63, 3.8) is 0 Å². The van der Waals surface area contributed by atoms with Crippen LogP contribution in [-0.4, -0.2) is 31.1 Å². The number of rotatable bonds is 7. The van der Waals surface area contributed by atoms with Gasteiger partial charge in [0, 0.05) is 6.42 Å². The molecule has 0 saturated carbocycles. The van der Waals surface area contributed by atoms with Crippen molar-refractivity contribution in [3.8, 4) is 0 Å². The van der Waals surface area contributed by atoms with E-state index in [2.05, 4.69) is 6.92 Å². The largest absolute Gasteiger partial charge is 0.463 e. The van der Waals surface area contributed by atoms with Gasteiger partial charge in [0.2, 0.25) is 0 Å². The Morgan fingerprint density at radius 1 is 1.35 bits per heavy atom. The predicted octanol–water partition coefficient (Wildman–Crippen LogP) is 2.65. The minimum absolute atomic E-state index is 0.121. The first-order valence-corrected chi connectivity index (χ1v) is 6.51. The zero-order valence-corrected chi connectivity index (χ0v) is 11.2. The van der Waals surface area contributed by atoms with E-state index in [0.717, 1.165) is 12.8 Å². The predicted molar refractivity (Wildman–Crippen MR) is 64.6 cm³/mol. The second-order valence-electron chi connectivity index (χ2n) is 4.94. The molecule has 1 aliphatic rings. The van der Waals surface area contributed by atoms with Crippen molar-refractivity contribution in [1.82, 2.24) is 0 Å². The van der Waals surface area contributed by atoms with E-state index in [-0.39, 0.29) is 12.1 Å². The third-order valence-corrected chi connectivity index (χ3v) is 2.73. The van der Waals surface area contributed by atoms with Crippen LogP contribution in [0.15, 0.2) is 0 Å². The Morgan fingerprint density at radius 3 is 2.71 bits per heavy atom. The molecule has 100 valence electrons. The summed E-state index contributed by atoms with van der Waals surface area (Å²) < 4.78 is 16.1. The molecule has 0 amide bonds. The zero-order chi connectivity index (χ0) is 12.7. The van der Waals surface area contributed by atoms with Gasteiger partial charge in [-0.25, -0.2) is 0 Å². The summed E-state index contributed by atoms with van der Waals surface area (Å²) in [6.07, 6.45) is 4.77. The Kier molecular flexibility index (Phi) is 5.92. The van der Waals surface area contributed by atoms with Gasteiger partial charge in [0.15, 0.2) is 5.79 Å². The van der Waals surface area contributed by atoms with Gasteiger partial charge in [-0.2, -0.15) is 0 Å². The summed E-state index contributed by atoms with van der Waals surface area (Å²) in [5, 5.41) is 0. The number of ether oxygens (including phenoxy) is 3. The minimum atomic E-state index is -0.543. The summed E-state index contributed by atoms with van der Waals surface area (Å²) in [5.74, 6) is -0.674. The van der Waals surface area contributed by atoms with Gasteiger partial charge < -0.3 is 14.2 Å².